The van der Waals surface area contributed by atoms with Gasteiger partial charge in [-0.2, -0.15) is 0 Å². The largest absolute Gasteiger partial charge is 0.0985 e. The second-order valence-corrected chi connectivity index (χ2v) is 9.77. The van der Waals surface area contributed by atoms with Gasteiger partial charge in [-0.15, -0.1) is 0 Å². The van der Waals surface area contributed by atoms with Gasteiger partial charge in [-0.1, -0.05) is 146 Å². The van der Waals surface area contributed by atoms with E-state index in [0.717, 1.165) is 5.56 Å². The summed E-state index contributed by atoms with van der Waals surface area (Å²) in [4.78, 5) is 0. The molecule has 7 rings (SSSR count). The molecule has 0 heteroatoms. The van der Waals surface area contributed by atoms with Crippen molar-refractivity contribution in [3.63, 3.8) is 0 Å². The minimum absolute atomic E-state index is 1.13. The van der Waals surface area contributed by atoms with Gasteiger partial charge in [0.15, 0.2) is 0 Å². The Balaban J connectivity index is 1.64. The van der Waals surface area contributed by atoms with Crippen LogP contribution in [0.5, 0.6) is 0 Å². The standard InChI is InChI=1S/C38H26/c1-2-26-19-21-27(22-20-26)30-23-24-35-36(25-30)37(29-12-4-3-5-13-29)33-16-8-9-17-34(33)38(35)32-18-10-14-28-11-6-7-15-31(28)32/h2-25H,1H2. The lowest BCUT2D eigenvalue weighted by molar-refractivity contribution is 1.61. The molecule has 0 atom stereocenters. The molecule has 0 unspecified atom stereocenters. The maximum atomic E-state index is 3.91. The fourth-order valence-corrected chi connectivity index (χ4v) is 5.82. The Morgan fingerprint density at radius 1 is 0.395 bits per heavy atom. The van der Waals surface area contributed by atoms with Gasteiger partial charge in [-0.3, -0.25) is 0 Å². The van der Waals surface area contributed by atoms with Crippen LogP contribution in [0.3, 0.4) is 0 Å². The number of hydrogen-bond acceptors (Lipinski definition) is 0. The lowest BCUT2D eigenvalue weighted by atomic mass is 9.84. The molecular weight excluding hydrogens is 456 g/mol. The van der Waals surface area contributed by atoms with Crippen LogP contribution < -0.4 is 0 Å². The molecular formula is C38H26. The second-order valence-electron chi connectivity index (χ2n) is 9.77. The molecule has 38 heavy (non-hydrogen) atoms. The summed E-state index contributed by atoms with van der Waals surface area (Å²) < 4.78 is 0. The minimum Gasteiger partial charge on any atom is -0.0985 e. The molecule has 0 radical (unpaired) electrons. The van der Waals surface area contributed by atoms with Crippen molar-refractivity contribution in [1.82, 2.24) is 0 Å². The fourth-order valence-electron chi connectivity index (χ4n) is 5.82. The average Bonchev–Trinajstić information content (AvgIpc) is 3.00. The highest BCUT2D eigenvalue weighted by molar-refractivity contribution is 6.24. The molecule has 0 amide bonds. The van der Waals surface area contributed by atoms with E-state index in [9.17, 15) is 0 Å². The minimum atomic E-state index is 1.13. The summed E-state index contributed by atoms with van der Waals surface area (Å²) in [6.07, 6.45) is 1.89. The van der Waals surface area contributed by atoms with Crippen molar-refractivity contribution >= 4 is 38.4 Å². The first-order chi connectivity index (χ1) is 18.8. The third-order valence-corrected chi connectivity index (χ3v) is 7.63. The first-order valence-corrected chi connectivity index (χ1v) is 13.1. The predicted molar refractivity (Wildman–Crippen MR) is 165 cm³/mol. The first-order valence-electron chi connectivity index (χ1n) is 13.1. The maximum absolute atomic E-state index is 3.91. The molecule has 0 saturated carbocycles. The van der Waals surface area contributed by atoms with Gasteiger partial charge in [0.05, 0.1) is 0 Å². The monoisotopic (exact) mass is 482 g/mol. The summed E-state index contributed by atoms with van der Waals surface area (Å²) in [5, 5.41) is 7.62. The molecule has 0 N–H and O–H groups in total. The Kier molecular flexibility index (Phi) is 5.38. The Bertz CT molecular complexity index is 1950. The van der Waals surface area contributed by atoms with E-state index in [4.69, 9.17) is 0 Å². The van der Waals surface area contributed by atoms with Crippen LogP contribution in [0, 0.1) is 0 Å². The average molecular weight is 483 g/mol. The van der Waals surface area contributed by atoms with Gasteiger partial charge in [0, 0.05) is 0 Å². The van der Waals surface area contributed by atoms with Crippen molar-refractivity contribution in [3.8, 4) is 33.4 Å². The van der Waals surface area contributed by atoms with E-state index in [1.54, 1.807) is 0 Å². The molecule has 0 aliphatic rings. The van der Waals surface area contributed by atoms with Gasteiger partial charge in [-0.25, -0.2) is 0 Å². The third kappa shape index (κ3) is 3.62. The van der Waals surface area contributed by atoms with E-state index in [1.807, 2.05) is 6.08 Å². The van der Waals surface area contributed by atoms with Crippen LogP contribution in [-0.2, 0) is 0 Å². The van der Waals surface area contributed by atoms with Crippen LogP contribution in [0.25, 0.3) is 71.8 Å². The summed E-state index contributed by atoms with van der Waals surface area (Å²) in [5.41, 5.74) is 8.62. The molecule has 0 aliphatic heterocycles. The molecule has 7 aromatic rings. The molecule has 0 saturated heterocycles. The van der Waals surface area contributed by atoms with Gasteiger partial charge in [-0.05, 0) is 77.3 Å². The Labute approximate surface area is 223 Å². The van der Waals surface area contributed by atoms with Gasteiger partial charge >= 0.3 is 0 Å². The topological polar surface area (TPSA) is 0 Å². The van der Waals surface area contributed by atoms with E-state index < -0.39 is 0 Å². The first kappa shape index (κ1) is 22.3. The van der Waals surface area contributed by atoms with Crippen molar-refractivity contribution in [2.45, 2.75) is 0 Å². The Morgan fingerprint density at radius 2 is 1.00 bits per heavy atom. The van der Waals surface area contributed by atoms with Crippen molar-refractivity contribution in [2.24, 2.45) is 0 Å². The highest BCUT2D eigenvalue weighted by Crippen LogP contribution is 2.46. The normalized spacial score (nSPS) is 11.3. The molecule has 0 aromatic heterocycles. The van der Waals surface area contributed by atoms with E-state index in [0.29, 0.717) is 0 Å². The lowest BCUT2D eigenvalue weighted by Gasteiger charge is -2.19. The molecule has 0 heterocycles. The van der Waals surface area contributed by atoms with Crippen LogP contribution in [0.2, 0.25) is 0 Å². The van der Waals surface area contributed by atoms with Gasteiger partial charge in [0.1, 0.15) is 0 Å². The molecule has 0 bridgehead atoms. The number of benzene rings is 7. The smallest absolute Gasteiger partial charge is 0.00201 e. The molecule has 7 aromatic carbocycles. The summed E-state index contributed by atoms with van der Waals surface area (Å²) in [6.45, 7) is 3.91. The summed E-state index contributed by atoms with van der Waals surface area (Å²) >= 11 is 0. The van der Waals surface area contributed by atoms with Gasteiger partial charge in [0.2, 0.25) is 0 Å². The van der Waals surface area contributed by atoms with E-state index >= 15 is 0 Å². The molecule has 0 aliphatic carbocycles. The zero-order valence-corrected chi connectivity index (χ0v) is 21.1. The molecule has 0 fully saturated rings. The number of hydrogen-bond donors (Lipinski definition) is 0. The third-order valence-electron chi connectivity index (χ3n) is 7.63. The summed E-state index contributed by atoms with van der Waals surface area (Å²) in [6, 6.07) is 50.6. The Hall–Kier alpha value is -4.94. The zero-order valence-electron chi connectivity index (χ0n) is 21.1. The van der Waals surface area contributed by atoms with Crippen LogP contribution >= 0.6 is 0 Å². The molecule has 0 spiro atoms. The number of rotatable bonds is 4. The predicted octanol–water partition coefficient (Wildman–Crippen LogP) is 10.8. The Morgan fingerprint density at radius 3 is 1.76 bits per heavy atom. The van der Waals surface area contributed by atoms with Crippen LogP contribution in [0.1, 0.15) is 5.56 Å². The SMILES string of the molecule is C=Cc1ccc(-c2ccc3c(-c4cccc5ccccc45)c4ccccc4c(-c4ccccc4)c3c2)cc1. The fraction of sp³-hybridized carbons (Fsp3) is 0. The molecule has 178 valence electrons. The highest BCUT2D eigenvalue weighted by atomic mass is 14.2. The second kappa shape index (κ2) is 9.18. The highest BCUT2D eigenvalue weighted by Gasteiger charge is 2.18. The summed E-state index contributed by atoms with van der Waals surface area (Å²) in [7, 11) is 0. The number of fused-ring (bicyclic) bond motifs is 3. The van der Waals surface area contributed by atoms with Crippen molar-refractivity contribution in [3.05, 3.63) is 152 Å². The van der Waals surface area contributed by atoms with Gasteiger partial charge < -0.3 is 0 Å². The van der Waals surface area contributed by atoms with Crippen LogP contribution in [0.15, 0.2) is 146 Å². The lowest BCUT2D eigenvalue weighted by Crippen LogP contribution is -1.92. The van der Waals surface area contributed by atoms with Crippen molar-refractivity contribution < 1.29 is 0 Å². The van der Waals surface area contributed by atoms with E-state index in [1.165, 1.54) is 65.7 Å². The van der Waals surface area contributed by atoms with Gasteiger partial charge in [0.25, 0.3) is 0 Å². The summed E-state index contributed by atoms with van der Waals surface area (Å²) in [5.74, 6) is 0. The van der Waals surface area contributed by atoms with Crippen molar-refractivity contribution in [1.29, 1.82) is 0 Å². The van der Waals surface area contributed by atoms with Crippen molar-refractivity contribution in [2.75, 3.05) is 0 Å². The van der Waals surface area contributed by atoms with Crippen LogP contribution in [0.4, 0.5) is 0 Å². The van der Waals surface area contributed by atoms with E-state index in [2.05, 4.69) is 146 Å². The van der Waals surface area contributed by atoms with Crippen LogP contribution in [-0.4, -0.2) is 0 Å². The maximum Gasteiger partial charge on any atom is -0.00201 e. The molecule has 0 nitrogen and oxygen atoms in total. The zero-order chi connectivity index (χ0) is 25.5. The van der Waals surface area contributed by atoms with E-state index in [-0.39, 0.29) is 0 Å². The quantitative estimate of drug-likeness (QED) is 0.219.